The average Bonchev–Trinajstić information content (AvgIpc) is 3.24. The second-order valence-electron chi connectivity index (χ2n) is 4.31. The largest absolute Gasteiger partial charge is 0.465 e. The number of H-pyrrole nitrogens is 1. The lowest BCUT2D eigenvalue weighted by molar-refractivity contribution is -0.139. The van der Waals surface area contributed by atoms with Gasteiger partial charge >= 0.3 is 5.97 Å². The molecular weight excluding hydrogens is 336 g/mol. The maximum Gasteiger partial charge on any atom is 0.316 e. The predicted molar refractivity (Wildman–Crippen MR) is 92.6 cm³/mol. The molecule has 0 amide bonds. The van der Waals surface area contributed by atoms with Crippen LogP contribution in [0.2, 0.25) is 0 Å². The van der Waals surface area contributed by atoms with Gasteiger partial charge in [-0.05, 0) is 29.8 Å². The molecule has 7 heteroatoms. The number of rotatable bonds is 6. The Morgan fingerprint density at radius 2 is 2.00 bits per heavy atom. The highest BCUT2D eigenvalue weighted by molar-refractivity contribution is 7.99. The normalized spacial score (nSPS) is 10.8. The number of nitrogens with zero attached hydrogens (tertiary/aromatic N) is 1. The van der Waals surface area contributed by atoms with Crippen LogP contribution >= 0.6 is 34.4 Å². The standard InChI is InChI=1S/C15H14N2O2S3/c1-2-19-12(18)9-22-15-16-13(10-5-3-7-20-10)14(17-15)11-6-4-8-21-11/h3-8H,2,9H2,1H3,(H,16,17). The second kappa shape index (κ2) is 7.13. The molecule has 3 aromatic rings. The Bertz CT molecular complexity index is 681. The van der Waals surface area contributed by atoms with E-state index < -0.39 is 0 Å². The van der Waals surface area contributed by atoms with Crippen molar-refractivity contribution in [3.05, 3.63) is 35.0 Å². The lowest BCUT2D eigenvalue weighted by Gasteiger charge is -1.98. The number of carbonyl (C=O) groups is 1. The van der Waals surface area contributed by atoms with E-state index in [1.807, 2.05) is 22.9 Å². The average molecular weight is 350 g/mol. The Labute approximate surface area is 140 Å². The van der Waals surface area contributed by atoms with E-state index in [0.717, 1.165) is 26.3 Å². The van der Waals surface area contributed by atoms with Gasteiger partial charge in [0.25, 0.3) is 0 Å². The molecule has 3 heterocycles. The summed E-state index contributed by atoms with van der Waals surface area (Å²) in [5.41, 5.74) is 1.94. The molecule has 0 saturated carbocycles. The molecule has 0 saturated heterocycles. The van der Waals surface area contributed by atoms with E-state index in [2.05, 4.69) is 22.1 Å². The van der Waals surface area contributed by atoms with E-state index in [1.165, 1.54) is 11.8 Å². The first-order valence-corrected chi connectivity index (χ1v) is 9.48. The zero-order valence-electron chi connectivity index (χ0n) is 11.9. The molecule has 0 unspecified atom stereocenters. The summed E-state index contributed by atoms with van der Waals surface area (Å²) in [7, 11) is 0. The molecule has 0 aliphatic heterocycles. The number of hydrogen-bond donors (Lipinski definition) is 1. The molecular formula is C15H14N2O2S3. The van der Waals surface area contributed by atoms with Gasteiger partial charge in [-0.1, -0.05) is 23.9 Å². The third kappa shape index (κ3) is 3.43. The summed E-state index contributed by atoms with van der Waals surface area (Å²) in [6.07, 6.45) is 0. The predicted octanol–water partition coefficient (Wildman–Crippen LogP) is 4.52. The molecule has 3 rings (SSSR count). The lowest BCUT2D eigenvalue weighted by atomic mass is 10.2. The van der Waals surface area contributed by atoms with Crippen LogP contribution in [-0.4, -0.2) is 28.3 Å². The van der Waals surface area contributed by atoms with Crippen LogP contribution in [0.25, 0.3) is 21.1 Å². The number of carbonyl (C=O) groups excluding carboxylic acids is 1. The lowest BCUT2D eigenvalue weighted by Crippen LogP contribution is -2.06. The molecule has 0 atom stereocenters. The molecule has 0 spiro atoms. The molecule has 0 fully saturated rings. The number of thioether (sulfide) groups is 1. The fourth-order valence-electron chi connectivity index (χ4n) is 1.94. The monoisotopic (exact) mass is 350 g/mol. The summed E-state index contributed by atoms with van der Waals surface area (Å²) >= 11 is 4.69. The number of thiophene rings is 2. The molecule has 0 aliphatic rings. The summed E-state index contributed by atoms with van der Waals surface area (Å²) in [5.74, 6) is 0.0361. The van der Waals surface area contributed by atoms with E-state index in [-0.39, 0.29) is 11.7 Å². The van der Waals surface area contributed by atoms with Crippen molar-refractivity contribution in [2.24, 2.45) is 0 Å². The van der Waals surface area contributed by atoms with Gasteiger partial charge in [0.05, 0.1) is 27.8 Å². The minimum atomic E-state index is -0.223. The first kappa shape index (κ1) is 15.3. The Morgan fingerprint density at radius 1 is 1.27 bits per heavy atom. The molecule has 3 aromatic heterocycles. The number of ether oxygens (including phenoxy) is 1. The Balaban J connectivity index is 1.87. The SMILES string of the molecule is CCOC(=O)CSc1nc(-c2cccs2)c(-c2cccs2)[nH]1. The summed E-state index contributed by atoms with van der Waals surface area (Å²) in [6.45, 7) is 2.21. The Morgan fingerprint density at radius 3 is 2.64 bits per heavy atom. The summed E-state index contributed by atoms with van der Waals surface area (Å²) in [5, 5.41) is 4.81. The zero-order chi connectivity index (χ0) is 15.4. The highest BCUT2D eigenvalue weighted by Gasteiger charge is 2.16. The van der Waals surface area contributed by atoms with E-state index in [1.54, 1.807) is 29.6 Å². The van der Waals surface area contributed by atoms with Crippen molar-refractivity contribution in [2.45, 2.75) is 12.1 Å². The van der Waals surface area contributed by atoms with Gasteiger partial charge in [0.1, 0.15) is 5.69 Å². The van der Waals surface area contributed by atoms with Crippen LogP contribution in [-0.2, 0) is 9.53 Å². The third-order valence-corrected chi connectivity index (χ3v) is 5.45. The number of nitrogens with one attached hydrogen (secondary N) is 1. The first-order valence-electron chi connectivity index (χ1n) is 6.74. The van der Waals surface area contributed by atoms with Crippen molar-refractivity contribution >= 4 is 40.4 Å². The smallest absolute Gasteiger partial charge is 0.316 e. The minimum Gasteiger partial charge on any atom is -0.465 e. The van der Waals surface area contributed by atoms with Crippen molar-refractivity contribution in [1.29, 1.82) is 0 Å². The van der Waals surface area contributed by atoms with Gasteiger partial charge in [-0.25, -0.2) is 4.98 Å². The van der Waals surface area contributed by atoms with Gasteiger partial charge in [0, 0.05) is 0 Å². The zero-order valence-corrected chi connectivity index (χ0v) is 14.3. The van der Waals surface area contributed by atoms with Crippen LogP contribution in [0.1, 0.15) is 6.92 Å². The fourth-order valence-corrected chi connectivity index (χ4v) is 4.06. The second-order valence-corrected chi connectivity index (χ2v) is 7.17. The van der Waals surface area contributed by atoms with Crippen molar-refractivity contribution in [2.75, 3.05) is 12.4 Å². The van der Waals surface area contributed by atoms with Crippen LogP contribution in [0.3, 0.4) is 0 Å². The molecule has 0 bridgehead atoms. The maximum absolute atomic E-state index is 11.5. The topological polar surface area (TPSA) is 55.0 Å². The Kier molecular flexibility index (Phi) is 4.97. The number of imidazole rings is 1. The van der Waals surface area contributed by atoms with Crippen LogP contribution in [0.4, 0.5) is 0 Å². The highest BCUT2D eigenvalue weighted by Crippen LogP contribution is 2.36. The van der Waals surface area contributed by atoms with Gasteiger partial charge in [-0.3, -0.25) is 4.79 Å². The molecule has 0 radical (unpaired) electrons. The van der Waals surface area contributed by atoms with E-state index >= 15 is 0 Å². The van der Waals surface area contributed by atoms with Crippen molar-refractivity contribution in [3.8, 4) is 21.1 Å². The third-order valence-electron chi connectivity index (χ3n) is 2.84. The molecule has 0 aliphatic carbocycles. The van der Waals surface area contributed by atoms with Gasteiger partial charge in [-0.15, -0.1) is 22.7 Å². The Hall–Kier alpha value is -1.57. The van der Waals surface area contributed by atoms with Crippen molar-refractivity contribution < 1.29 is 9.53 Å². The molecule has 4 nitrogen and oxygen atoms in total. The maximum atomic E-state index is 11.5. The molecule has 0 aromatic carbocycles. The molecule has 114 valence electrons. The van der Waals surface area contributed by atoms with Gasteiger partial charge in [0.2, 0.25) is 0 Å². The highest BCUT2D eigenvalue weighted by atomic mass is 32.2. The van der Waals surface area contributed by atoms with Crippen LogP contribution in [0.5, 0.6) is 0 Å². The van der Waals surface area contributed by atoms with Crippen molar-refractivity contribution in [3.63, 3.8) is 0 Å². The van der Waals surface area contributed by atoms with E-state index in [4.69, 9.17) is 4.74 Å². The van der Waals surface area contributed by atoms with Gasteiger partial charge < -0.3 is 9.72 Å². The van der Waals surface area contributed by atoms with E-state index in [0.29, 0.717) is 6.61 Å². The first-order chi connectivity index (χ1) is 10.8. The van der Waals surface area contributed by atoms with Gasteiger partial charge in [0.15, 0.2) is 5.16 Å². The molecule has 1 N–H and O–H groups in total. The number of aromatic nitrogens is 2. The van der Waals surface area contributed by atoms with Gasteiger partial charge in [-0.2, -0.15) is 0 Å². The number of hydrogen-bond acceptors (Lipinski definition) is 6. The quantitative estimate of drug-likeness (QED) is 0.524. The van der Waals surface area contributed by atoms with Crippen molar-refractivity contribution in [1.82, 2.24) is 9.97 Å². The van der Waals surface area contributed by atoms with Crippen LogP contribution in [0, 0.1) is 0 Å². The molecule has 22 heavy (non-hydrogen) atoms. The summed E-state index contributed by atoms with van der Waals surface area (Å²) in [4.78, 5) is 21.7. The number of esters is 1. The van der Waals surface area contributed by atoms with E-state index in [9.17, 15) is 4.79 Å². The minimum absolute atomic E-state index is 0.223. The van der Waals surface area contributed by atoms with Crippen LogP contribution in [0.15, 0.2) is 40.2 Å². The summed E-state index contributed by atoms with van der Waals surface area (Å²) in [6, 6.07) is 8.15. The summed E-state index contributed by atoms with van der Waals surface area (Å²) < 4.78 is 4.95. The van der Waals surface area contributed by atoms with Crippen LogP contribution < -0.4 is 0 Å². The fraction of sp³-hybridized carbons (Fsp3) is 0.200. The number of aromatic amines is 1.